The molecule has 2 atom stereocenters. The highest BCUT2D eigenvalue weighted by Crippen LogP contribution is 2.25. The van der Waals surface area contributed by atoms with E-state index in [1.807, 2.05) is 29.2 Å². The Hall–Kier alpha value is -1.51. The van der Waals surface area contributed by atoms with Gasteiger partial charge in [0.15, 0.2) is 0 Å². The maximum atomic E-state index is 12.6. The molecule has 0 spiro atoms. The monoisotopic (exact) mass is 247 g/mol. The average Bonchev–Trinajstić information content (AvgIpc) is 2.38. The Morgan fingerprint density at radius 3 is 2.56 bits per heavy atom. The Balaban J connectivity index is 2.23. The van der Waals surface area contributed by atoms with E-state index in [0.29, 0.717) is 12.1 Å². The molecule has 1 aromatic rings. The molecule has 0 unspecified atom stereocenters. The molecule has 3 heteroatoms. The standard InChI is InChI=1S/C15H21NO2/c1-11-6-4-7-12(2)16(11)15(17)13-8-5-9-14(10-13)18-3/h5,8-12H,4,6-7H2,1-3H3/t11-,12+. The van der Waals surface area contributed by atoms with Gasteiger partial charge in [0.2, 0.25) is 0 Å². The maximum absolute atomic E-state index is 12.6. The van der Waals surface area contributed by atoms with Crippen molar-refractivity contribution in [3.63, 3.8) is 0 Å². The minimum Gasteiger partial charge on any atom is -0.497 e. The molecule has 0 bridgehead atoms. The maximum Gasteiger partial charge on any atom is 0.254 e. The van der Waals surface area contributed by atoms with Crippen LogP contribution in [-0.2, 0) is 0 Å². The van der Waals surface area contributed by atoms with E-state index in [0.717, 1.165) is 24.2 Å². The zero-order valence-electron chi connectivity index (χ0n) is 11.3. The molecule has 1 heterocycles. The summed E-state index contributed by atoms with van der Waals surface area (Å²) in [6.45, 7) is 4.27. The number of methoxy groups -OCH3 is 1. The first kappa shape index (κ1) is 12.9. The van der Waals surface area contributed by atoms with Crippen molar-refractivity contribution < 1.29 is 9.53 Å². The molecule has 1 saturated heterocycles. The van der Waals surface area contributed by atoms with Crippen molar-refractivity contribution in [3.05, 3.63) is 29.8 Å². The van der Waals surface area contributed by atoms with Crippen LogP contribution in [0.25, 0.3) is 0 Å². The number of piperidine rings is 1. The predicted molar refractivity (Wildman–Crippen MR) is 71.9 cm³/mol. The SMILES string of the molecule is COc1cccc(C(=O)N2[C@H](C)CCC[C@@H]2C)c1. The number of hydrogen-bond donors (Lipinski definition) is 0. The first-order valence-corrected chi connectivity index (χ1v) is 6.60. The van der Waals surface area contributed by atoms with Crippen molar-refractivity contribution in [1.29, 1.82) is 0 Å². The smallest absolute Gasteiger partial charge is 0.254 e. The van der Waals surface area contributed by atoms with Crippen LogP contribution in [-0.4, -0.2) is 30.0 Å². The quantitative estimate of drug-likeness (QED) is 0.803. The van der Waals surface area contributed by atoms with Gasteiger partial charge < -0.3 is 9.64 Å². The highest BCUT2D eigenvalue weighted by Gasteiger charge is 2.29. The molecule has 3 nitrogen and oxygen atoms in total. The van der Waals surface area contributed by atoms with Gasteiger partial charge in [0.05, 0.1) is 7.11 Å². The van der Waals surface area contributed by atoms with Crippen molar-refractivity contribution in [2.45, 2.75) is 45.2 Å². The van der Waals surface area contributed by atoms with Gasteiger partial charge in [0, 0.05) is 17.6 Å². The Kier molecular flexibility index (Phi) is 3.90. The van der Waals surface area contributed by atoms with Crippen LogP contribution in [0, 0.1) is 0 Å². The predicted octanol–water partition coefficient (Wildman–Crippen LogP) is 3.10. The first-order chi connectivity index (χ1) is 8.63. The molecule has 0 radical (unpaired) electrons. The summed E-state index contributed by atoms with van der Waals surface area (Å²) >= 11 is 0. The fraction of sp³-hybridized carbons (Fsp3) is 0.533. The van der Waals surface area contributed by atoms with Crippen LogP contribution >= 0.6 is 0 Å². The van der Waals surface area contributed by atoms with Gasteiger partial charge >= 0.3 is 0 Å². The number of ether oxygens (including phenoxy) is 1. The molecule has 1 aromatic carbocycles. The van der Waals surface area contributed by atoms with Gasteiger partial charge in [-0.05, 0) is 51.3 Å². The molecular formula is C15H21NO2. The highest BCUT2D eigenvalue weighted by atomic mass is 16.5. The number of hydrogen-bond acceptors (Lipinski definition) is 2. The van der Waals surface area contributed by atoms with Gasteiger partial charge in [-0.2, -0.15) is 0 Å². The van der Waals surface area contributed by atoms with E-state index in [4.69, 9.17) is 4.74 Å². The van der Waals surface area contributed by atoms with E-state index in [1.54, 1.807) is 7.11 Å². The fourth-order valence-electron chi connectivity index (χ4n) is 2.73. The van der Waals surface area contributed by atoms with Crippen molar-refractivity contribution >= 4 is 5.91 Å². The summed E-state index contributed by atoms with van der Waals surface area (Å²) in [4.78, 5) is 14.6. The fourth-order valence-corrected chi connectivity index (χ4v) is 2.73. The van der Waals surface area contributed by atoms with E-state index in [-0.39, 0.29) is 5.91 Å². The van der Waals surface area contributed by atoms with Crippen LogP contribution in [0.3, 0.4) is 0 Å². The van der Waals surface area contributed by atoms with Gasteiger partial charge in [-0.25, -0.2) is 0 Å². The van der Waals surface area contributed by atoms with Gasteiger partial charge in [-0.1, -0.05) is 6.07 Å². The largest absolute Gasteiger partial charge is 0.497 e. The normalized spacial score (nSPS) is 23.8. The second-order valence-corrected chi connectivity index (χ2v) is 5.07. The Bertz CT molecular complexity index is 420. The number of nitrogens with zero attached hydrogens (tertiary/aromatic N) is 1. The summed E-state index contributed by atoms with van der Waals surface area (Å²) in [5, 5.41) is 0. The zero-order chi connectivity index (χ0) is 13.1. The molecule has 0 aliphatic carbocycles. The third-order valence-corrected chi connectivity index (χ3v) is 3.74. The van der Waals surface area contributed by atoms with Crippen molar-refractivity contribution in [2.24, 2.45) is 0 Å². The van der Waals surface area contributed by atoms with Crippen molar-refractivity contribution in [3.8, 4) is 5.75 Å². The van der Waals surface area contributed by atoms with E-state index >= 15 is 0 Å². The number of amides is 1. The van der Waals surface area contributed by atoms with E-state index in [9.17, 15) is 4.79 Å². The molecule has 18 heavy (non-hydrogen) atoms. The summed E-state index contributed by atoms with van der Waals surface area (Å²) < 4.78 is 5.18. The third kappa shape index (κ3) is 2.50. The first-order valence-electron chi connectivity index (χ1n) is 6.60. The molecule has 2 rings (SSSR count). The van der Waals surface area contributed by atoms with Crippen LogP contribution in [0.15, 0.2) is 24.3 Å². The molecule has 1 aliphatic rings. The van der Waals surface area contributed by atoms with Crippen molar-refractivity contribution in [2.75, 3.05) is 7.11 Å². The van der Waals surface area contributed by atoms with Gasteiger partial charge in [0.25, 0.3) is 5.91 Å². The second kappa shape index (κ2) is 5.42. The lowest BCUT2D eigenvalue weighted by molar-refractivity contribution is 0.0510. The average molecular weight is 247 g/mol. The lowest BCUT2D eigenvalue weighted by Gasteiger charge is -2.39. The summed E-state index contributed by atoms with van der Waals surface area (Å²) in [7, 11) is 1.62. The van der Waals surface area contributed by atoms with E-state index in [2.05, 4.69) is 13.8 Å². The van der Waals surface area contributed by atoms with Crippen LogP contribution in [0.1, 0.15) is 43.5 Å². The molecule has 1 fully saturated rings. The minimum absolute atomic E-state index is 0.119. The Labute approximate surface area is 109 Å². The number of carbonyl (C=O) groups is 1. The molecule has 1 aliphatic heterocycles. The molecule has 0 N–H and O–H groups in total. The molecule has 1 amide bonds. The Morgan fingerprint density at radius 2 is 1.94 bits per heavy atom. The number of benzene rings is 1. The molecule has 98 valence electrons. The number of carbonyl (C=O) groups excluding carboxylic acids is 1. The van der Waals surface area contributed by atoms with Crippen molar-refractivity contribution in [1.82, 2.24) is 4.90 Å². The van der Waals surface area contributed by atoms with E-state index in [1.165, 1.54) is 6.42 Å². The van der Waals surface area contributed by atoms with Gasteiger partial charge in [-0.3, -0.25) is 4.79 Å². The topological polar surface area (TPSA) is 29.5 Å². The lowest BCUT2D eigenvalue weighted by atomic mass is 9.96. The van der Waals surface area contributed by atoms with Crippen LogP contribution < -0.4 is 4.74 Å². The zero-order valence-corrected chi connectivity index (χ0v) is 11.3. The summed E-state index contributed by atoms with van der Waals surface area (Å²) in [5.74, 6) is 0.853. The lowest BCUT2D eigenvalue weighted by Crippen LogP contribution is -2.47. The molecule has 0 saturated carbocycles. The number of likely N-dealkylation sites (tertiary alicyclic amines) is 1. The van der Waals surface area contributed by atoms with Crippen LogP contribution in [0.4, 0.5) is 0 Å². The van der Waals surface area contributed by atoms with Gasteiger partial charge in [0.1, 0.15) is 5.75 Å². The highest BCUT2D eigenvalue weighted by molar-refractivity contribution is 5.95. The third-order valence-electron chi connectivity index (χ3n) is 3.74. The van der Waals surface area contributed by atoms with Crippen LogP contribution in [0.5, 0.6) is 5.75 Å². The molecular weight excluding hydrogens is 226 g/mol. The Morgan fingerprint density at radius 1 is 1.28 bits per heavy atom. The van der Waals surface area contributed by atoms with Gasteiger partial charge in [-0.15, -0.1) is 0 Å². The second-order valence-electron chi connectivity index (χ2n) is 5.07. The molecule has 0 aromatic heterocycles. The van der Waals surface area contributed by atoms with E-state index < -0.39 is 0 Å². The summed E-state index contributed by atoms with van der Waals surface area (Å²) in [5.41, 5.74) is 0.718. The summed E-state index contributed by atoms with van der Waals surface area (Å²) in [6.07, 6.45) is 3.41. The van der Waals surface area contributed by atoms with Crippen LogP contribution in [0.2, 0.25) is 0 Å². The summed E-state index contributed by atoms with van der Waals surface area (Å²) in [6, 6.07) is 8.06. The number of rotatable bonds is 2. The minimum atomic E-state index is 0.119.